The SMILES string of the molecule is C=CCCC(=O)N1CCCC[C@H]1C(=O)OC. The van der Waals surface area contributed by atoms with Crippen LogP contribution in [0, 0.1) is 0 Å². The Morgan fingerprint density at radius 3 is 2.88 bits per heavy atom. The first-order valence-corrected chi connectivity index (χ1v) is 5.69. The molecule has 0 aliphatic carbocycles. The molecule has 0 N–H and O–H groups in total. The fourth-order valence-electron chi connectivity index (χ4n) is 1.98. The molecule has 1 aliphatic rings. The summed E-state index contributed by atoms with van der Waals surface area (Å²) >= 11 is 0. The number of piperidine rings is 1. The third kappa shape index (κ3) is 3.08. The maximum Gasteiger partial charge on any atom is 0.328 e. The standard InChI is InChI=1S/C12H19NO3/c1-3-4-8-11(14)13-9-6-5-7-10(13)12(15)16-2/h3,10H,1,4-9H2,2H3/t10-/m0/s1. The molecule has 16 heavy (non-hydrogen) atoms. The number of amides is 1. The van der Waals surface area contributed by atoms with Crippen LogP contribution < -0.4 is 0 Å². The van der Waals surface area contributed by atoms with Gasteiger partial charge in [-0.25, -0.2) is 4.79 Å². The lowest BCUT2D eigenvalue weighted by Gasteiger charge is -2.33. The van der Waals surface area contributed by atoms with Crippen molar-refractivity contribution in [3.63, 3.8) is 0 Å². The lowest BCUT2D eigenvalue weighted by atomic mass is 10.0. The van der Waals surface area contributed by atoms with Crippen molar-refractivity contribution in [1.82, 2.24) is 4.90 Å². The van der Waals surface area contributed by atoms with Crippen molar-refractivity contribution >= 4 is 11.9 Å². The Morgan fingerprint density at radius 1 is 1.50 bits per heavy atom. The molecule has 1 atom stereocenters. The number of carbonyl (C=O) groups excluding carboxylic acids is 2. The summed E-state index contributed by atoms with van der Waals surface area (Å²) < 4.78 is 4.72. The Kier molecular flexibility index (Phi) is 5.02. The van der Waals surface area contributed by atoms with Crippen molar-refractivity contribution in [2.75, 3.05) is 13.7 Å². The van der Waals surface area contributed by atoms with Crippen molar-refractivity contribution in [1.29, 1.82) is 0 Å². The Labute approximate surface area is 96.3 Å². The molecule has 0 unspecified atom stereocenters. The van der Waals surface area contributed by atoms with Gasteiger partial charge in [0, 0.05) is 13.0 Å². The zero-order valence-electron chi connectivity index (χ0n) is 9.78. The van der Waals surface area contributed by atoms with Crippen molar-refractivity contribution < 1.29 is 14.3 Å². The molecule has 0 saturated carbocycles. The predicted octanol–water partition coefficient (Wildman–Crippen LogP) is 1.51. The van der Waals surface area contributed by atoms with Crippen LogP contribution in [-0.4, -0.2) is 36.5 Å². The van der Waals surface area contributed by atoms with E-state index in [2.05, 4.69) is 6.58 Å². The molecule has 1 fully saturated rings. The van der Waals surface area contributed by atoms with Crippen LogP contribution in [0.15, 0.2) is 12.7 Å². The zero-order chi connectivity index (χ0) is 12.0. The third-order valence-electron chi connectivity index (χ3n) is 2.86. The Balaban J connectivity index is 2.62. The highest BCUT2D eigenvalue weighted by Crippen LogP contribution is 2.19. The van der Waals surface area contributed by atoms with E-state index < -0.39 is 0 Å². The highest BCUT2D eigenvalue weighted by atomic mass is 16.5. The van der Waals surface area contributed by atoms with E-state index in [4.69, 9.17) is 4.74 Å². The van der Waals surface area contributed by atoms with Gasteiger partial charge in [-0.05, 0) is 25.7 Å². The van der Waals surface area contributed by atoms with Gasteiger partial charge in [-0.3, -0.25) is 4.79 Å². The van der Waals surface area contributed by atoms with Crippen LogP contribution >= 0.6 is 0 Å². The Morgan fingerprint density at radius 2 is 2.25 bits per heavy atom. The molecule has 1 heterocycles. The fourth-order valence-corrected chi connectivity index (χ4v) is 1.98. The van der Waals surface area contributed by atoms with E-state index in [1.54, 1.807) is 11.0 Å². The summed E-state index contributed by atoms with van der Waals surface area (Å²) in [6, 6.07) is -0.379. The fraction of sp³-hybridized carbons (Fsp3) is 0.667. The van der Waals surface area contributed by atoms with Crippen LogP contribution in [0.4, 0.5) is 0 Å². The normalized spacial score (nSPS) is 20.3. The number of nitrogens with zero attached hydrogens (tertiary/aromatic N) is 1. The quantitative estimate of drug-likeness (QED) is 0.538. The predicted molar refractivity (Wildman–Crippen MR) is 60.8 cm³/mol. The summed E-state index contributed by atoms with van der Waals surface area (Å²) in [5, 5.41) is 0. The van der Waals surface area contributed by atoms with Crippen LogP contribution in [0.2, 0.25) is 0 Å². The van der Waals surface area contributed by atoms with Gasteiger partial charge in [0.25, 0.3) is 0 Å². The molecular formula is C12H19NO3. The van der Waals surface area contributed by atoms with Crippen molar-refractivity contribution in [3.05, 3.63) is 12.7 Å². The number of methoxy groups -OCH3 is 1. The minimum atomic E-state index is -0.379. The molecule has 0 radical (unpaired) electrons. The first kappa shape index (κ1) is 12.7. The average Bonchev–Trinajstić information content (AvgIpc) is 2.35. The highest BCUT2D eigenvalue weighted by molar-refractivity contribution is 5.84. The van der Waals surface area contributed by atoms with Gasteiger partial charge in [-0.1, -0.05) is 6.08 Å². The van der Waals surface area contributed by atoms with Crippen LogP contribution in [-0.2, 0) is 14.3 Å². The monoisotopic (exact) mass is 225 g/mol. The van der Waals surface area contributed by atoms with Crippen LogP contribution in [0.25, 0.3) is 0 Å². The number of rotatable bonds is 4. The van der Waals surface area contributed by atoms with Gasteiger partial charge >= 0.3 is 5.97 Å². The number of esters is 1. The number of ether oxygens (including phenoxy) is 1. The summed E-state index contributed by atoms with van der Waals surface area (Å²) in [5.41, 5.74) is 0. The van der Waals surface area contributed by atoms with E-state index in [1.165, 1.54) is 7.11 Å². The van der Waals surface area contributed by atoms with Crippen molar-refractivity contribution in [2.24, 2.45) is 0 Å². The first-order chi connectivity index (χ1) is 7.70. The second kappa shape index (κ2) is 6.30. The summed E-state index contributed by atoms with van der Waals surface area (Å²) in [6.07, 6.45) is 5.46. The highest BCUT2D eigenvalue weighted by Gasteiger charge is 2.32. The van der Waals surface area contributed by atoms with Crippen LogP contribution in [0.3, 0.4) is 0 Å². The summed E-state index contributed by atoms with van der Waals surface area (Å²) in [6.45, 7) is 4.25. The maximum atomic E-state index is 11.9. The number of allylic oxidation sites excluding steroid dienone is 1. The average molecular weight is 225 g/mol. The Bertz CT molecular complexity index is 275. The number of likely N-dealkylation sites (tertiary alicyclic amines) is 1. The molecule has 1 aliphatic heterocycles. The molecule has 0 bridgehead atoms. The smallest absolute Gasteiger partial charge is 0.328 e. The van der Waals surface area contributed by atoms with Gasteiger partial charge in [0.1, 0.15) is 6.04 Å². The first-order valence-electron chi connectivity index (χ1n) is 5.69. The molecular weight excluding hydrogens is 206 g/mol. The van der Waals surface area contributed by atoms with Gasteiger partial charge in [0.05, 0.1) is 7.11 Å². The van der Waals surface area contributed by atoms with E-state index in [-0.39, 0.29) is 17.9 Å². The van der Waals surface area contributed by atoms with E-state index >= 15 is 0 Å². The van der Waals surface area contributed by atoms with Gasteiger partial charge in [0.15, 0.2) is 0 Å². The second-order valence-corrected chi connectivity index (χ2v) is 3.95. The zero-order valence-corrected chi connectivity index (χ0v) is 9.78. The van der Waals surface area contributed by atoms with Crippen LogP contribution in [0.5, 0.6) is 0 Å². The Hall–Kier alpha value is -1.32. The van der Waals surface area contributed by atoms with E-state index in [9.17, 15) is 9.59 Å². The number of hydrogen-bond acceptors (Lipinski definition) is 3. The molecule has 1 rings (SSSR count). The largest absolute Gasteiger partial charge is 0.467 e. The van der Waals surface area contributed by atoms with Gasteiger partial charge in [0.2, 0.25) is 5.91 Å². The molecule has 1 saturated heterocycles. The minimum Gasteiger partial charge on any atom is -0.467 e. The third-order valence-corrected chi connectivity index (χ3v) is 2.86. The minimum absolute atomic E-state index is 0.0231. The summed E-state index contributed by atoms with van der Waals surface area (Å²) in [4.78, 5) is 25.0. The van der Waals surface area contributed by atoms with Crippen molar-refractivity contribution in [2.45, 2.75) is 38.1 Å². The molecule has 0 aromatic rings. The topological polar surface area (TPSA) is 46.6 Å². The maximum absolute atomic E-state index is 11.9. The summed E-state index contributed by atoms with van der Waals surface area (Å²) in [7, 11) is 1.36. The molecule has 4 nitrogen and oxygen atoms in total. The van der Waals surface area contributed by atoms with Crippen LogP contribution in [0.1, 0.15) is 32.1 Å². The molecule has 0 spiro atoms. The summed E-state index contributed by atoms with van der Waals surface area (Å²) in [5.74, 6) is -0.276. The van der Waals surface area contributed by atoms with Gasteiger partial charge in [-0.15, -0.1) is 6.58 Å². The van der Waals surface area contributed by atoms with Gasteiger partial charge in [-0.2, -0.15) is 0 Å². The lowest BCUT2D eigenvalue weighted by Crippen LogP contribution is -2.48. The number of hydrogen-bond donors (Lipinski definition) is 0. The van der Waals surface area contributed by atoms with E-state index in [0.29, 0.717) is 25.8 Å². The molecule has 0 aromatic heterocycles. The lowest BCUT2D eigenvalue weighted by molar-refractivity contribution is -0.154. The molecule has 90 valence electrons. The molecule has 0 aromatic carbocycles. The van der Waals surface area contributed by atoms with E-state index in [0.717, 1.165) is 12.8 Å². The van der Waals surface area contributed by atoms with Gasteiger partial charge < -0.3 is 9.64 Å². The molecule has 4 heteroatoms. The molecule has 1 amide bonds. The number of carbonyl (C=O) groups is 2. The van der Waals surface area contributed by atoms with E-state index in [1.807, 2.05) is 0 Å². The van der Waals surface area contributed by atoms with Crippen molar-refractivity contribution in [3.8, 4) is 0 Å². The second-order valence-electron chi connectivity index (χ2n) is 3.95.